The number of carbonyl (C=O) groups excluding carboxylic acids is 1. The van der Waals surface area contributed by atoms with Gasteiger partial charge in [-0.3, -0.25) is 4.79 Å². The van der Waals surface area contributed by atoms with Crippen LogP contribution in [0.5, 0.6) is 0 Å². The number of nitrogens with zero attached hydrogens (tertiary/aromatic N) is 1. The quantitative estimate of drug-likeness (QED) is 0.688. The predicted octanol–water partition coefficient (Wildman–Crippen LogP) is 4.39. The van der Waals surface area contributed by atoms with Crippen molar-refractivity contribution >= 4 is 22.6 Å². The molecule has 122 valence electrons. The molecule has 1 amide bonds. The summed E-state index contributed by atoms with van der Waals surface area (Å²) in [5, 5.41) is 4.08. The summed E-state index contributed by atoms with van der Waals surface area (Å²) in [6.45, 7) is 1.98. The lowest BCUT2D eigenvalue weighted by molar-refractivity contribution is 0.102. The lowest BCUT2D eigenvalue weighted by Gasteiger charge is -2.06. The van der Waals surface area contributed by atoms with E-state index in [1.54, 1.807) is 6.20 Å². The van der Waals surface area contributed by atoms with E-state index in [0.717, 1.165) is 23.9 Å². The molecule has 3 aromatic rings. The van der Waals surface area contributed by atoms with Gasteiger partial charge in [0.15, 0.2) is 0 Å². The van der Waals surface area contributed by atoms with Gasteiger partial charge in [0.2, 0.25) is 0 Å². The van der Waals surface area contributed by atoms with Gasteiger partial charge in [-0.1, -0.05) is 6.42 Å². The normalized spacial score (nSPS) is 14.2. The van der Waals surface area contributed by atoms with Crippen molar-refractivity contribution in [1.29, 1.82) is 0 Å². The SMILES string of the molecule is Cc1ccnc(NC(=O)c2ccc3[nH]c4c(c3c2)CCCCC4)c1. The predicted molar refractivity (Wildman–Crippen MR) is 96.5 cm³/mol. The number of pyridine rings is 1. The fourth-order valence-electron chi connectivity index (χ4n) is 3.52. The van der Waals surface area contributed by atoms with Crippen LogP contribution in [0.4, 0.5) is 5.82 Å². The van der Waals surface area contributed by atoms with Gasteiger partial charge in [0.1, 0.15) is 5.82 Å². The second-order valence-electron chi connectivity index (χ2n) is 6.58. The van der Waals surface area contributed by atoms with E-state index >= 15 is 0 Å². The molecule has 2 aromatic heterocycles. The molecule has 0 radical (unpaired) electrons. The first-order chi connectivity index (χ1) is 11.7. The Labute approximate surface area is 141 Å². The zero-order valence-corrected chi connectivity index (χ0v) is 13.9. The first kappa shape index (κ1) is 14.9. The van der Waals surface area contributed by atoms with E-state index in [9.17, 15) is 4.79 Å². The van der Waals surface area contributed by atoms with Gasteiger partial charge < -0.3 is 10.3 Å². The largest absolute Gasteiger partial charge is 0.358 e. The maximum atomic E-state index is 12.6. The van der Waals surface area contributed by atoms with E-state index < -0.39 is 0 Å². The number of amides is 1. The van der Waals surface area contributed by atoms with Crippen LogP contribution in [0.1, 0.15) is 46.4 Å². The highest BCUT2D eigenvalue weighted by molar-refractivity contribution is 6.06. The Balaban J connectivity index is 1.66. The molecular formula is C20H21N3O. The summed E-state index contributed by atoms with van der Waals surface area (Å²) in [6, 6.07) is 9.70. The third kappa shape index (κ3) is 2.80. The molecular weight excluding hydrogens is 298 g/mol. The van der Waals surface area contributed by atoms with Crippen LogP contribution in [0, 0.1) is 6.92 Å². The van der Waals surface area contributed by atoms with Crippen molar-refractivity contribution in [3.05, 3.63) is 58.9 Å². The highest BCUT2D eigenvalue weighted by Crippen LogP contribution is 2.29. The summed E-state index contributed by atoms with van der Waals surface area (Å²) < 4.78 is 0. The van der Waals surface area contributed by atoms with Crippen LogP contribution in [0.25, 0.3) is 10.9 Å². The lowest BCUT2D eigenvalue weighted by Crippen LogP contribution is -2.12. The minimum atomic E-state index is -0.112. The number of benzene rings is 1. The fraction of sp³-hybridized carbons (Fsp3) is 0.300. The van der Waals surface area contributed by atoms with Crippen LogP contribution >= 0.6 is 0 Å². The van der Waals surface area contributed by atoms with Crippen molar-refractivity contribution in [1.82, 2.24) is 9.97 Å². The van der Waals surface area contributed by atoms with Crippen LogP contribution < -0.4 is 5.32 Å². The Morgan fingerprint density at radius 3 is 2.88 bits per heavy atom. The molecule has 0 unspecified atom stereocenters. The summed E-state index contributed by atoms with van der Waals surface area (Å²) >= 11 is 0. The molecule has 4 nitrogen and oxygen atoms in total. The number of anilines is 1. The molecule has 0 saturated heterocycles. The van der Waals surface area contributed by atoms with Crippen molar-refractivity contribution in [3.63, 3.8) is 0 Å². The van der Waals surface area contributed by atoms with Crippen LogP contribution in [0.3, 0.4) is 0 Å². The molecule has 1 aliphatic rings. The second kappa shape index (κ2) is 6.11. The number of aromatic amines is 1. The molecule has 0 aliphatic heterocycles. The van der Waals surface area contributed by atoms with E-state index in [0.29, 0.717) is 11.4 Å². The zero-order chi connectivity index (χ0) is 16.5. The molecule has 4 rings (SSSR count). The van der Waals surface area contributed by atoms with Crippen molar-refractivity contribution in [2.24, 2.45) is 0 Å². The number of aromatic nitrogens is 2. The Kier molecular flexibility index (Phi) is 3.81. The van der Waals surface area contributed by atoms with Gasteiger partial charge in [0, 0.05) is 28.4 Å². The van der Waals surface area contributed by atoms with Gasteiger partial charge in [-0.05, 0) is 74.1 Å². The van der Waals surface area contributed by atoms with E-state index in [2.05, 4.69) is 15.3 Å². The molecule has 24 heavy (non-hydrogen) atoms. The number of nitrogens with one attached hydrogen (secondary N) is 2. The van der Waals surface area contributed by atoms with Crippen LogP contribution in [0.15, 0.2) is 36.5 Å². The van der Waals surface area contributed by atoms with Gasteiger partial charge in [0.05, 0.1) is 0 Å². The Hall–Kier alpha value is -2.62. The first-order valence-electron chi connectivity index (χ1n) is 8.58. The van der Waals surface area contributed by atoms with E-state index in [-0.39, 0.29) is 5.91 Å². The van der Waals surface area contributed by atoms with Gasteiger partial charge in [-0.25, -0.2) is 4.98 Å². The van der Waals surface area contributed by atoms with Crippen LogP contribution in [-0.2, 0) is 12.8 Å². The van der Waals surface area contributed by atoms with E-state index in [1.165, 1.54) is 35.9 Å². The van der Waals surface area contributed by atoms with Crippen LogP contribution in [-0.4, -0.2) is 15.9 Å². The highest BCUT2D eigenvalue weighted by Gasteiger charge is 2.16. The van der Waals surface area contributed by atoms with Crippen LogP contribution in [0.2, 0.25) is 0 Å². The molecule has 0 bridgehead atoms. The number of rotatable bonds is 2. The van der Waals surface area contributed by atoms with Gasteiger partial charge in [0.25, 0.3) is 5.91 Å². The minimum absolute atomic E-state index is 0.112. The fourth-order valence-corrected chi connectivity index (χ4v) is 3.52. The van der Waals surface area contributed by atoms with Crippen molar-refractivity contribution in [2.75, 3.05) is 5.32 Å². The minimum Gasteiger partial charge on any atom is -0.358 e. The summed E-state index contributed by atoms with van der Waals surface area (Å²) in [7, 11) is 0. The number of aryl methyl sites for hydroxylation is 3. The molecule has 2 N–H and O–H groups in total. The molecule has 1 aromatic carbocycles. The van der Waals surface area contributed by atoms with E-state index in [4.69, 9.17) is 0 Å². The molecule has 2 heterocycles. The summed E-state index contributed by atoms with van der Waals surface area (Å²) in [6.07, 6.45) is 7.66. The third-order valence-corrected chi connectivity index (χ3v) is 4.77. The molecule has 0 atom stereocenters. The maximum absolute atomic E-state index is 12.6. The molecule has 0 saturated carbocycles. The first-order valence-corrected chi connectivity index (χ1v) is 8.58. The van der Waals surface area contributed by atoms with Crippen molar-refractivity contribution < 1.29 is 4.79 Å². The number of hydrogen-bond acceptors (Lipinski definition) is 2. The molecule has 0 fully saturated rings. The lowest BCUT2D eigenvalue weighted by atomic mass is 10.0. The highest BCUT2D eigenvalue weighted by atomic mass is 16.1. The third-order valence-electron chi connectivity index (χ3n) is 4.77. The summed E-state index contributed by atoms with van der Waals surface area (Å²) in [5.41, 5.74) is 5.63. The van der Waals surface area contributed by atoms with Gasteiger partial charge >= 0.3 is 0 Å². The Bertz CT molecular complexity index is 910. The Morgan fingerprint density at radius 1 is 1.12 bits per heavy atom. The standard InChI is InChI=1S/C20H21N3O/c1-13-9-10-21-19(11-13)23-20(24)14-7-8-18-16(12-14)15-5-3-2-4-6-17(15)22-18/h7-12,22H,2-6H2,1H3,(H,21,23,24). The second-order valence-corrected chi connectivity index (χ2v) is 6.58. The van der Waals surface area contributed by atoms with E-state index in [1.807, 2.05) is 37.3 Å². The molecule has 0 spiro atoms. The average molecular weight is 319 g/mol. The molecule has 1 aliphatic carbocycles. The number of carbonyl (C=O) groups is 1. The van der Waals surface area contributed by atoms with Gasteiger partial charge in [-0.2, -0.15) is 0 Å². The zero-order valence-electron chi connectivity index (χ0n) is 13.9. The number of H-pyrrole nitrogens is 1. The Morgan fingerprint density at radius 2 is 2.00 bits per heavy atom. The summed E-state index contributed by atoms with van der Waals surface area (Å²) in [4.78, 5) is 20.3. The number of fused-ring (bicyclic) bond motifs is 3. The van der Waals surface area contributed by atoms with Crippen molar-refractivity contribution in [2.45, 2.75) is 39.0 Å². The number of hydrogen-bond donors (Lipinski definition) is 2. The van der Waals surface area contributed by atoms with Gasteiger partial charge in [-0.15, -0.1) is 0 Å². The monoisotopic (exact) mass is 319 g/mol. The summed E-state index contributed by atoms with van der Waals surface area (Å²) in [5.74, 6) is 0.478. The molecule has 4 heteroatoms. The maximum Gasteiger partial charge on any atom is 0.256 e. The topological polar surface area (TPSA) is 57.8 Å². The smallest absolute Gasteiger partial charge is 0.256 e. The van der Waals surface area contributed by atoms with Crippen molar-refractivity contribution in [3.8, 4) is 0 Å². The average Bonchev–Trinajstić information content (AvgIpc) is 2.75.